The zero-order valence-electron chi connectivity index (χ0n) is 18.4. The summed E-state index contributed by atoms with van der Waals surface area (Å²) in [6.07, 6.45) is 0.757. The van der Waals surface area contributed by atoms with Crippen molar-refractivity contribution in [1.29, 1.82) is 0 Å². The lowest BCUT2D eigenvalue weighted by Gasteiger charge is -2.29. The van der Waals surface area contributed by atoms with E-state index < -0.39 is 0 Å². The Morgan fingerprint density at radius 3 is 2.78 bits per heavy atom. The lowest BCUT2D eigenvalue weighted by molar-refractivity contribution is -0.121. The van der Waals surface area contributed by atoms with Gasteiger partial charge in [-0.1, -0.05) is 18.2 Å². The SMILES string of the molecule is CCNC(=NCCCN1C(=O)COc2ccccc21)N(C)Cc1ccc2c(c1)OCO2.I. The van der Waals surface area contributed by atoms with E-state index in [1.165, 1.54) is 0 Å². The molecule has 2 heterocycles. The van der Waals surface area contributed by atoms with Gasteiger partial charge >= 0.3 is 0 Å². The average Bonchev–Trinajstić information content (AvgIpc) is 3.25. The summed E-state index contributed by atoms with van der Waals surface area (Å²) in [6, 6.07) is 13.6. The Labute approximate surface area is 205 Å². The highest BCUT2D eigenvalue weighted by Crippen LogP contribution is 2.33. The highest BCUT2D eigenvalue weighted by Gasteiger charge is 2.24. The largest absolute Gasteiger partial charge is 0.482 e. The van der Waals surface area contributed by atoms with Crippen molar-refractivity contribution in [2.45, 2.75) is 19.9 Å². The summed E-state index contributed by atoms with van der Waals surface area (Å²) in [5, 5.41) is 3.34. The number of rotatable bonds is 7. The molecule has 2 aliphatic heterocycles. The Bertz CT molecular complexity index is 969. The molecule has 1 N–H and O–H groups in total. The summed E-state index contributed by atoms with van der Waals surface area (Å²) in [6.45, 7) is 5.09. The van der Waals surface area contributed by atoms with Crippen molar-refractivity contribution in [1.82, 2.24) is 10.2 Å². The zero-order chi connectivity index (χ0) is 21.6. The molecule has 0 radical (unpaired) electrons. The van der Waals surface area contributed by atoms with Crippen LogP contribution in [0.25, 0.3) is 0 Å². The van der Waals surface area contributed by atoms with Crippen molar-refractivity contribution in [3.63, 3.8) is 0 Å². The minimum Gasteiger partial charge on any atom is -0.482 e. The first kappa shape index (κ1) is 24.0. The van der Waals surface area contributed by atoms with Crippen molar-refractivity contribution >= 4 is 41.5 Å². The number of nitrogens with zero attached hydrogens (tertiary/aromatic N) is 3. The maximum atomic E-state index is 12.3. The first-order valence-electron chi connectivity index (χ1n) is 10.6. The topological polar surface area (TPSA) is 75.6 Å². The number of ether oxygens (including phenoxy) is 3. The number of para-hydroxylation sites is 2. The van der Waals surface area contributed by atoms with Gasteiger partial charge in [-0.2, -0.15) is 0 Å². The fraction of sp³-hybridized carbons (Fsp3) is 0.391. The van der Waals surface area contributed by atoms with Crippen LogP contribution in [0.2, 0.25) is 0 Å². The maximum absolute atomic E-state index is 12.3. The van der Waals surface area contributed by atoms with Gasteiger partial charge < -0.3 is 29.3 Å². The van der Waals surface area contributed by atoms with E-state index in [0.717, 1.165) is 47.4 Å². The van der Waals surface area contributed by atoms with E-state index in [0.29, 0.717) is 19.6 Å². The Hall–Kier alpha value is -2.69. The monoisotopic (exact) mass is 552 g/mol. The van der Waals surface area contributed by atoms with Crippen LogP contribution in [0.5, 0.6) is 17.2 Å². The van der Waals surface area contributed by atoms with Crippen LogP contribution in [-0.4, -0.2) is 56.8 Å². The van der Waals surface area contributed by atoms with E-state index in [1.54, 1.807) is 4.90 Å². The molecule has 0 saturated carbocycles. The van der Waals surface area contributed by atoms with Crippen molar-refractivity contribution in [3.8, 4) is 17.2 Å². The number of carbonyl (C=O) groups excluding carboxylic acids is 1. The molecular formula is C23H29IN4O4. The van der Waals surface area contributed by atoms with Gasteiger partial charge in [0.25, 0.3) is 5.91 Å². The normalized spacial score (nSPS) is 14.4. The third-order valence-corrected chi connectivity index (χ3v) is 5.16. The summed E-state index contributed by atoms with van der Waals surface area (Å²) < 4.78 is 16.4. The molecule has 0 aromatic heterocycles. The Morgan fingerprint density at radius 1 is 1.12 bits per heavy atom. The number of hydrogen-bond donors (Lipinski definition) is 1. The molecule has 1 amide bonds. The van der Waals surface area contributed by atoms with Gasteiger partial charge in [0.05, 0.1) is 5.69 Å². The quantitative estimate of drug-likeness (QED) is 0.246. The number of guanidine groups is 1. The highest BCUT2D eigenvalue weighted by atomic mass is 127. The van der Waals surface area contributed by atoms with Crippen LogP contribution < -0.4 is 24.4 Å². The predicted molar refractivity (Wildman–Crippen MR) is 134 cm³/mol. The van der Waals surface area contributed by atoms with Crippen molar-refractivity contribution < 1.29 is 19.0 Å². The number of halogens is 1. The van der Waals surface area contributed by atoms with E-state index in [2.05, 4.69) is 10.2 Å². The third-order valence-electron chi connectivity index (χ3n) is 5.16. The van der Waals surface area contributed by atoms with E-state index >= 15 is 0 Å². The number of carbonyl (C=O) groups is 1. The van der Waals surface area contributed by atoms with Gasteiger partial charge in [-0.25, -0.2) is 0 Å². The second-order valence-corrected chi connectivity index (χ2v) is 7.43. The van der Waals surface area contributed by atoms with Gasteiger partial charge in [-0.15, -0.1) is 24.0 Å². The first-order chi connectivity index (χ1) is 15.2. The number of hydrogen-bond acceptors (Lipinski definition) is 5. The van der Waals surface area contributed by atoms with Gasteiger partial charge in [0.1, 0.15) is 5.75 Å². The van der Waals surface area contributed by atoms with E-state index in [4.69, 9.17) is 19.2 Å². The van der Waals surface area contributed by atoms with Crippen LogP contribution >= 0.6 is 24.0 Å². The average molecular weight is 552 g/mol. The van der Waals surface area contributed by atoms with Crippen LogP contribution in [-0.2, 0) is 11.3 Å². The van der Waals surface area contributed by atoms with E-state index in [-0.39, 0.29) is 43.3 Å². The molecule has 32 heavy (non-hydrogen) atoms. The molecule has 0 unspecified atom stereocenters. The molecule has 0 fully saturated rings. The van der Waals surface area contributed by atoms with Gasteiger partial charge in [-0.3, -0.25) is 9.79 Å². The zero-order valence-corrected chi connectivity index (χ0v) is 20.7. The number of anilines is 1. The molecule has 172 valence electrons. The molecule has 4 rings (SSSR count). The van der Waals surface area contributed by atoms with Crippen molar-refractivity contribution in [2.24, 2.45) is 4.99 Å². The van der Waals surface area contributed by atoms with Gasteiger partial charge in [0.15, 0.2) is 24.1 Å². The summed E-state index contributed by atoms with van der Waals surface area (Å²) in [7, 11) is 2.01. The molecule has 0 aliphatic carbocycles. The highest BCUT2D eigenvalue weighted by molar-refractivity contribution is 14.0. The second kappa shape index (κ2) is 11.3. The summed E-state index contributed by atoms with van der Waals surface area (Å²) >= 11 is 0. The lowest BCUT2D eigenvalue weighted by Crippen LogP contribution is -2.40. The third kappa shape index (κ3) is 5.56. The number of nitrogens with one attached hydrogen (secondary N) is 1. The fourth-order valence-electron chi connectivity index (χ4n) is 3.67. The molecule has 2 aromatic rings. The van der Waals surface area contributed by atoms with E-state index in [9.17, 15) is 4.79 Å². The minimum atomic E-state index is -0.0190. The van der Waals surface area contributed by atoms with Crippen LogP contribution in [0.3, 0.4) is 0 Å². The molecule has 0 atom stereocenters. The molecule has 9 heteroatoms. The fourth-order valence-corrected chi connectivity index (χ4v) is 3.67. The predicted octanol–water partition coefficient (Wildman–Crippen LogP) is 3.25. The van der Waals surface area contributed by atoms with Gasteiger partial charge in [0, 0.05) is 33.2 Å². The Balaban J connectivity index is 0.00000289. The van der Waals surface area contributed by atoms with Gasteiger partial charge in [-0.05, 0) is 43.2 Å². The number of amides is 1. The van der Waals surface area contributed by atoms with E-state index in [1.807, 2.05) is 56.4 Å². The number of benzene rings is 2. The molecule has 8 nitrogen and oxygen atoms in total. The first-order valence-corrected chi connectivity index (χ1v) is 10.6. The Morgan fingerprint density at radius 2 is 1.94 bits per heavy atom. The molecule has 2 aliphatic rings. The smallest absolute Gasteiger partial charge is 0.265 e. The molecular weight excluding hydrogens is 523 g/mol. The van der Waals surface area contributed by atoms with Crippen LogP contribution in [0, 0.1) is 0 Å². The molecule has 2 aromatic carbocycles. The van der Waals surface area contributed by atoms with Crippen LogP contribution in [0.15, 0.2) is 47.5 Å². The van der Waals surface area contributed by atoms with Crippen molar-refractivity contribution in [3.05, 3.63) is 48.0 Å². The summed E-state index contributed by atoms with van der Waals surface area (Å²) in [4.78, 5) is 20.9. The summed E-state index contributed by atoms with van der Waals surface area (Å²) in [5.41, 5.74) is 1.95. The second-order valence-electron chi connectivity index (χ2n) is 7.43. The number of aliphatic imine (C=N–C) groups is 1. The standard InChI is InChI=1S/C23H28N4O4.HI/c1-3-24-23(26(2)14-17-9-10-20-21(13-17)31-16-30-20)25-11-6-12-27-18-7-4-5-8-19(18)29-15-22(27)28;/h4-5,7-10,13H,3,6,11-12,14-16H2,1-2H3,(H,24,25);1H. The molecule has 0 bridgehead atoms. The van der Waals surface area contributed by atoms with Crippen LogP contribution in [0.1, 0.15) is 18.9 Å². The Kier molecular flexibility index (Phi) is 8.43. The van der Waals surface area contributed by atoms with Gasteiger partial charge in [0.2, 0.25) is 6.79 Å². The number of fused-ring (bicyclic) bond motifs is 2. The van der Waals surface area contributed by atoms with Crippen LogP contribution in [0.4, 0.5) is 5.69 Å². The minimum absolute atomic E-state index is 0. The molecule has 0 spiro atoms. The van der Waals surface area contributed by atoms with Crippen molar-refractivity contribution in [2.75, 3.05) is 45.0 Å². The lowest BCUT2D eigenvalue weighted by atomic mass is 10.2. The summed E-state index contributed by atoms with van der Waals surface area (Å²) in [5.74, 6) is 3.13. The molecule has 0 saturated heterocycles. The maximum Gasteiger partial charge on any atom is 0.265 e.